The van der Waals surface area contributed by atoms with Crippen molar-refractivity contribution in [3.63, 3.8) is 0 Å². The molecule has 1 fully saturated rings. The Morgan fingerprint density at radius 2 is 1.86 bits per heavy atom. The molecular formula is C24H28N4O. The first-order chi connectivity index (χ1) is 14.3. The minimum atomic E-state index is 0.677. The lowest BCUT2D eigenvalue weighted by Gasteiger charge is -2.15. The number of hydrogen-bond acceptors (Lipinski definition) is 3. The van der Waals surface area contributed by atoms with E-state index in [1.807, 2.05) is 30.5 Å². The van der Waals surface area contributed by atoms with Crippen molar-refractivity contribution in [2.24, 2.45) is 10.9 Å². The molecule has 5 nitrogen and oxygen atoms in total. The summed E-state index contributed by atoms with van der Waals surface area (Å²) >= 11 is 0. The Labute approximate surface area is 172 Å². The van der Waals surface area contributed by atoms with Gasteiger partial charge in [0, 0.05) is 37.3 Å². The van der Waals surface area contributed by atoms with Gasteiger partial charge in [0.05, 0.1) is 12.1 Å². The van der Waals surface area contributed by atoms with Gasteiger partial charge in [-0.25, -0.2) is 0 Å². The molecule has 0 radical (unpaired) electrons. The second-order valence-corrected chi connectivity index (χ2v) is 7.46. The van der Waals surface area contributed by atoms with Crippen molar-refractivity contribution < 1.29 is 4.74 Å². The van der Waals surface area contributed by atoms with Gasteiger partial charge in [0.1, 0.15) is 5.75 Å². The van der Waals surface area contributed by atoms with Crippen LogP contribution >= 0.6 is 0 Å². The van der Waals surface area contributed by atoms with Crippen molar-refractivity contribution in [3.8, 4) is 5.75 Å². The van der Waals surface area contributed by atoms with Crippen molar-refractivity contribution in [1.82, 2.24) is 15.6 Å². The highest BCUT2D eigenvalue weighted by atomic mass is 16.5. The molecule has 0 bridgehead atoms. The highest BCUT2D eigenvalue weighted by molar-refractivity contribution is 5.82. The number of aromatic nitrogens is 1. The monoisotopic (exact) mass is 388 g/mol. The highest BCUT2D eigenvalue weighted by Crippen LogP contribution is 2.30. The molecule has 0 saturated heterocycles. The largest absolute Gasteiger partial charge is 0.493 e. The summed E-state index contributed by atoms with van der Waals surface area (Å²) in [6.07, 6.45) is 5.32. The third kappa shape index (κ3) is 5.25. The molecule has 1 aromatic heterocycles. The summed E-state index contributed by atoms with van der Waals surface area (Å²) in [4.78, 5) is 8.88. The first kappa shape index (κ1) is 19.2. The van der Waals surface area contributed by atoms with E-state index in [2.05, 4.69) is 50.9 Å². The lowest BCUT2D eigenvalue weighted by Crippen LogP contribution is -2.38. The molecule has 1 aliphatic rings. The van der Waals surface area contributed by atoms with E-state index in [0.717, 1.165) is 48.3 Å². The van der Waals surface area contributed by atoms with Gasteiger partial charge >= 0.3 is 0 Å². The second-order valence-electron chi connectivity index (χ2n) is 7.46. The summed E-state index contributed by atoms with van der Waals surface area (Å²) in [5.41, 5.74) is 3.46. The molecule has 1 aliphatic carbocycles. The van der Waals surface area contributed by atoms with Crippen molar-refractivity contribution in [1.29, 1.82) is 0 Å². The van der Waals surface area contributed by atoms with Crippen LogP contribution < -0.4 is 15.4 Å². The molecule has 4 rings (SSSR count). The van der Waals surface area contributed by atoms with Crippen molar-refractivity contribution in [2.75, 3.05) is 20.2 Å². The summed E-state index contributed by atoms with van der Waals surface area (Å²) in [7, 11) is 1.80. The van der Waals surface area contributed by atoms with Gasteiger partial charge in [0.25, 0.3) is 0 Å². The Morgan fingerprint density at radius 1 is 1.03 bits per heavy atom. The van der Waals surface area contributed by atoms with Crippen LogP contribution in [0.15, 0.2) is 65.8 Å². The molecule has 0 unspecified atom stereocenters. The topological polar surface area (TPSA) is 58.5 Å². The Morgan fingerprint density at radius 3 is 2.72 bits per heavy atom. The number of nitrogens with zero attached hydrogens (tertiary/aromatic N) is 2. The number of ether oxygens (including phenoxy) is 1. The Balaban J connectivity index is 1.30. The van der Waals surface area contributed by atoms with E-state index >= 15 is 0 Å². The van der Waals surface area contributed by atoms with Crippen LogP contribution in [0.2, 0.25) is 0 Å². The van der Waals surface area contributed by atoms with Crippen LogP contribution in [0.4, 0.5) is 0 Å². The van der Waals surface area contributed by atoms with Crippen LogP contribution in [0.3, 0.4) is 0 Å². The molecule has 1 heterocycles. The number of rotatable bonds is 8. The molecule has 2 N–H and O–H groups in total. The standard InChI is InChI=1S/C24H28N4O/c1-25-24(27-15-13-20-8-4-7-19-9-5-14-26-23(19)20)28-16-21-6-2-3-10-22(21)29-17-18-11-12-18/h2-10,14,18H,11-13,15-17H2,1H3,(H2,25,27,28). The molecule has 2 aromatic carbocycles. The number of aliphatic imine (C=N–C) groups is 1. The van der Waals surface area contributed by atoms with Crippen LogP contribution in [0, 0.1) is 5.92 Å². The van der Waals surface area contributed by atoms with Crippen LogP contribution in [-0.4, -0.2) is 31.1 Å². The molecule has 150 valence electrons. The van der Waals surface area contributed by atoms with Gasteiger partial charge in [0.15, 0.2) is 5.96 Å². The average molecular weight is 389 g/mol. The molecule has 1 saturated carbocycles. The minimum Gasteiger partial charge on any atom is -0.493 e. The maximum absolute atomic E-state index is 6.00. The van der Waals surface area contributed by atoms with E-state index in [-0.39, 0.29) is 0 Å². The smallest absolute Gasteiger partial charge is 0.191 e. The second kappa shape index (κ2) is 9.41. The van der Waals surface area contributed by atoms with Crippen molar-refractivity contribution in [2.45, 2.75) is 25.8 Å². The maximum atomic E-state index is 6.00. The van der Waals surface area contributed by atoms with E-state index in [4.69, 9.17) is 4.74 Å². The molecule has 29 heavy (non-hydrogen) atoms. The highest BCUT2D eigenvalue weighted by Gasteiger charge is 2.22. The Bertz CT molecular complexity index is 976. The van der Waals surface area contributed by atoms with Gasteiger partial charge in [-0.2, -0.15) is 0 Å². The number of pyridine rings is 1. The molecule has 5 heteroatoms. The summed E-state index contributed by atoms with van der Waals surface area (Å²) in [6, 6.07) is 18.6. The summed E-state index contributed by atoms with van der Waals surface area (Å²) in [6.45, 7) is 2.29. The van der Waals surface area contributed by atoms with Crippen LogP contribution in [0.25, 0.3) is 10.9 Å². The quantitative estimate of drug-likeness (QED) is 0.453. The zero-order valence-electron chi connectivity index (χ0n) is 16.9. The summed E-state index contributed by atoms with van der Waals surface area (Å²) in [5.74, 6) is 2.49. The molecule has 0 aliphatic heterocycles. The van der Waals surface area contributed by atoms with E-state index in [9.17, 15) is 0 Å². The molecular weight excluding hydrogens is 360 g/mol. The van der Waals surface area contributed by atoms with Gasteiger partial charge in [-0.1, -0.05) is 42.5 Å². The summed E-state index contributed by atoms with van der Waals surface area (Å²) < 4.78 is 6.00. The Hall–Kier alpha value is -3.08. The zero-order valence-corrected chi connectivity index (χ0v) is 16.9. The van der Waals surface area contributed by atoms with Crippen LogP contribution in [-0.2, 0) is 13.0 Å². The van der Waals surface area contributed by atoms with Crippen molar-refractivity contribution in [3.05, 3.63) is 71.9 Å². The van der Waals surface area contributed by atoms with Crippen LogP contribution in [0.5, 0.6) is 5.75 Å². The van der Waals surface area contributed by atoms with E-state index < -0.39 is 0 Å². The van der Waals surface area contributed by atoms with Gasteiger partial charge in [0.2, 0.25) is 0 Å². The predicted molar refractivity (Wildman–Crippen MR) is 118 cm³/mol. The fourth-order valence-electron chi connectivity index (χ4n) is 3.37. The van der Waals surface area contributed by atoms with E-state index in [1.54, 1.807) is 7.05 Å². The van der Waals surface area contributed by atoms with Gasteiger partial charge < -0.3 is 15.4 Å². The number of benzene rings is 2. The van der Waals surface area contributed by atoms with Gasteiger partial charge in [-0.15, -0.1) is 0 Å². The first-order valence-electron chi connectivity index (χ1n) is 10.3. The third-order valence-electron chi connectivity index (χ3n) is 5.22. The number of hydrogen-bond donors (Lipinski definition) is 2. The average Bonchev–Trinajstić information content (AvgIpc) is 3.60. The number of fused-ring (bicyclic) bond motifs is 1. The zero-order chi connectivity index (χ0) is 19.9. The molecule has 3 aromatic rings. The van der Waals surface area contributed by atoms with Crippen LogP contribution in [0.1, 0.15) is 24.0 Å². The van der Waals surface area contributed by atoms with Crippen molar-refractivity contribution >= 4 is 16.9 Å². The SMILES string of the molecule is CN=C(NCCc1cccc2cccnc12)NCc1ccccc1OCC1CC1. The lowest BCUT2D eigenvalue weighted by atomic mass is 10.1. The molecule has 0 amide bonds. The molecule has 0 atom stereocenters. The number of para-hydroxylation sites is 2. The van der Waals surface area contributed by atoms with E-state index in [0.29, 0.717) is 6.54 Å². The Kier molecular flexibility index (Phi) is 6.25. The fraction of sp³-hybridized carbons (Fsp3) is 0.333. The summed E-state index contributed by atoms with van der Waals surface area (Å²) in [5, 5.41) is 7.98. The number of nitrogens with one attached hydrogen (secondary N) is 2. The minimum absolute atomic E-state index is 0.677. The number of guanidine groups is 1. The van der Waals surface area contributed by atoms with Gasteiger partial charge in [-0.05, 0) is 42.9 Å². The fourth-order valence-corrected chi connectivity index (χ4v) is 3.37. The molecule has 0 spiro atoms. The normalized spacial score (nSPS) is 14.0. The van der Waals surface area contributed by atoms with E-state index in [1.165, 1.54) is 23.8 Å². The maximum Gasteiger partial charge on any atom is 0.191 e. The lowest BCUT2D eigenvalue weighted by molar-refractivity contribution is 0.296. The predicted octanol–water partition coefficient (Wildman–Crippen LogP) is 3.93. The van der Waals surface area contributed by atoms with Gasteiger partial charge in [-0.3, -0.25) is 9.98 Å². The third-order valence-corrected chi connectivity index (χ3v) is 5.22. The first-order valence-corrected chi connectivity index (χ1v) is 10.3.